The van der Waals surface area contributed by atoms with Crippen molar-refractivity contribution >= 4 is 11.7 Å². The van der Waals surface area contributed by atoms with Crippen LogP contribution in [0.2, 0.25) is 0 Å². The summed E-state index contributed by atoms with van der Waals surface area (Å²) in [6.45, 7) is 3.66. The molecular formula is C20H24FN3O3. The maximum Gasteiger partial charge on any atom is 0.261 e. The Kier molecular flexibility index (Phi) is 7.16. The Hall–Kier alpha value is -3.09. The first-order valence-electron chi connectivity index (χ1n) is 8.55. The van der Waals surface area contributed by atoms with Gasteiger partial charge in [0.2, 0.25) is 0 Å². The molecular weight excluding hydrogens is 349 g/mol. The van der Waals surface area contributed by atoms with E-state index in [0.29, 0.717) is 11.3 Å². The number of carbonyl (C=O) groups excluding carboxylic acids is 1. The van der Waals surface area contributed by atoms with Crippen LogP contribution in [-0.4, -0.2) is 25.5 Å². The number of ether oxygens (including phenoxy) is 1. The second-order valence-electron chi connectivity index (χ2n) is 6.32. The molecule has 0 bridgehead atoms. The molecule has 27 heavy (non-hydrogen) atoms. The minimum atomic E-state index is -0.343. The molecule has 2 rings (SSSR count). The van der Waals surface area contributed by atoms with E-state index in [0.717, 1.165) is 5.56 Å². The van der Waals surface area contributed by atoms with Gasteiger partial charge in [-0.05, 0) is 47.9 Å². The van der Waals surface area contributed by atoms with Crippen molar-refractivity contribution in [1.82, 2.24) is 5.32 Å². The number of carbonyl (C=O) groups is 1. The van der Waals surface area contributed by atoms with E-state index in [1.165, 1.54) is 12.1 Å². The second kappa shape index (κ2) is 9.56. The van der Waals surface area contributed by atoms with E-state index in [9.17, 15) is 9.18 Å². The monoisotopic (exact) mass is 373 g/mol. The van der Waals surface area contributed by atoms with Crippen molar-refractivity contribution in [1.29, 1.82) is 0 Å². The summed E-state index contributed by atoms with van der Waals surface area (Å²) in [5.74, 6) is 0.313. The number of hydrogen-bond acceptors (Lipinski definition) is 4. The molecule has 0 radical (unpaired) electrons. The first-order valence-corrected chi connectivity index (χ1v) is 8.55. The van der Waals surface area contributed by atoms with Crippen LogP contribution in [0.4, 0.5) is 4.39 Å². The molecule has 2 aromatic carbocycles. The second-order valence-corrected chi connectivity index (χ2v) is 6.32. The predicted octanol–water partition coefficient (Wildman–Crippen LogP) is 2.98. The number of nitrogens with one attached hydrogen (secondary N) is 1. The van der Waals surface area contributed by atoms with Gasteiger partial charge < -0.3 is 20.6 Å². The number of oxime groups is 1. The van der Waals surface area contributed by atoms with E-state index in [1.54, 1.807) is 43.5 Å². The summed E-state index contributed by atoms with van der Waals surface area (Å²) >= 11 is 0. The first kappa shape index (κ1) is 20.2. The van der Waals surface area contributed by atoms with Crippen molar-refractivity contribution in [3.05, 3.63) is 65.5 Å². The van der Waals surface area contributed by atoms with Crippen molar-refractivity contribution < 1.29 is 18.8 Å². The van der Waals surface area contributed by atoms with Crippen LogP contribution < -0.4 is 15.8 Å². The molecule has 0 aromatic heterocycles. The third kappa shape index (κ3) is 5.99. The molecule has 1 amide bonds. The highest BCUT2D eigenvalue weighted by Gasteiger charge is 2.18. The molecule has 0 aliphatic rings. The fourth-order valence-corrected chi connectivity index (χ4v) is 2.50. The van der Waals surface area contributed by atoms with Crippen LogP contribution in [0.5, 0.6) is 5.75 Å². The number of hydrogen-bond donors (Lipinski definition) is 2. The molecule has 0 fully saturated rings. The summed E-state index contributed by atoms with van der Waals surface area (Å²) in [4.78, 5) is 17.2. The number of amidine groups is 1. The molecule has 144 valence electrons. The Balaban J connectivity index is 1.92. The van der Waals surface area contributed by atoms with Gasteiger partial charge in [0.25, 0.3) is 5.91 Å². The van der Waals surface area contributed by atoms with Crippen LogP contribution in [0.15, 0.2) is 53.7 Å². The van der Waals surface area contributed by atoms with Crippen LogP contribution in [0.3, 0.4) is 0 Å². The van der Waals surface area contributed by atoms with Gasteiger partial charge in [0, 0.05) is 5.56 Å². The predicted molar refractivity (Wildman–Crippen MR) is 102 cm³/mol. The summed E-state index contributed by atoms with van der Waals surface area (Å²) in [5, 5.41) is 6.64. The molecule has 0 saturated carbocycles. The van der Waals surface area contributed by atoms with E-state index >= 15 is 0 Å². The van der Waals surface area contributed by atoms with E-state index in [2.05, 4.69) is 10.5 Å². The summed E-state index contributed by atoms with van der Waals surface area (Å²) in [5.41, 5.74) is 7.32. The van der Waals surface area contributed by atoms with Crippen molar-refractivity contribution in [2.45, 2.75) is 19.9 Å². The highest BCUT2D eigenvalue weighted by atomic mass is 19.1. The Morgan fingerprint density at radius 2 is 1.78 bits per heavy atom. The molecule has 0 aliphatic carbocycles. The van der Waals surface area contributed by atoms with Gasteiger partial charge in [0.05, 0.1) is 13.2 Å². The number of amides is 1. The number of methoxy groups -OCH3 is 1. The average molecular weight is 373 g/mol. The Labute approximate surface area is 158 Å². The van der Waals surface area contributed by atoms with Gasteiger partial charge in [0.15, 0.2) is 12.4 Å². The lowest BCUT2D eigenvalue weighted by Crippen LogP contribution is -2.34. The van der Waals surface area contributed by atoms with Crippen LogP contribution >= 0.6 is 0 Å². The molecule has 0 heterocycles. The highest BCUT2D eigenvalue weighted by Crippen LogP contribution is 2.21. The van der Waals surface area contributed by atoms with E-state index in [4.69, 9.17) is 15.3 Å². The molecule has 2 aromatic rings. The fourth-order valence-electron chi connectivity index (χ4n) is 2.50. The van der Waals surface area contributed by atoms with Crippen LogP contribution in [0.25, 0.3) is 0 Å². The minimum Gasteiger partial charge on any atom is -0.497 e. The summed E-state index contributed by atoms with van der Waals surface area (Å²) < 4.78 is 18.2. The maximum atomic E-state index is 13.1. The highest BCUT2D eigenvalue weighted by molar-refractivity contribution is 5.97. The molecule has 3 N–H and O–H groups in total. The smallest absolute Gasteiger partial charge is 0.261 e. The van der Waals surface area contributed by atoms with Gasteiger partial charge in [-0.3, -0.25) is 4.79 Å². The Morgan fingerprint density at radius 3 is 2.33 bits per heavy atom. The summed E-state index contributed by atoms with van der Waals surface area (Å²) in [6, 6.07) is 12.8. The number of benzene rings is 2. The molecule has 0 spiro atoms. The van der Waals surface area contributed by atoms with Crippen molar-refractivity contribution in [3.63, 3.8) is 0 Å². The number of nitrogens with zero attached hydrogens (tertiary/aromatic N) is 1. The molecule has 6 nitrogen and oxygen atoms in total. The zero-order valence-corrected chi connectivity index (χ0v) is 15.6. The van der Waals surface area contributed by atoms with Crippen LogP contribution in [0.1, 0.15) is 31.0 Å². The Morgan fingerprint density at radius 1 is 1.15 bits per heavy atom. The maximum absolute atomic E-state index is 13.1. The number of rotatable bonds is 8. The van der Waals surface area contributed by atoms with Crippen molar-refractivity contribution in [3.8, 4) is 5.75 Å². The lowest BCUT2D eigenvalue weighted by Gasteiger charge is -2.22. The van der Waals surface area contributed by atoms with E-state index in [1.807, 2.05) is 13.8 Å². The zero-order valence-electron chi connectivity index (χ0n) is 15.6. The Bertz CT molecular complexity index is 774. The average Bonchev–Trinajstić information content (AvgIpc) is 2.66. The molecule has 7 heteroatoms. The molecule has 1 unspecified atom stereocenters. The largest absolute Gasteiger partial charge is 0.497 e. The third-order valence-electron chi connectivity index (χ3n) is 3.96. The van der Waals surface area contributed by atoms with E-state index in [-0.39, 0.29) is 36.1 Å². The topological polar surface area (TPSA) is 85.9 Å². The van der Waals surface area contributed by atoms with Gasteiger partial charge in [-0.1, -0.05) is 31.1 Å². The number of nitrogens with two attached hydrogens (primary N) is 1. The SMILES string of the molecule is COc1ccc(/C(N)=N/OCC(=O)NC(c2ccc(F)cc2)C(C)C)cc1. The van der Waals surface area contributed by atoms with Gasteiger partial charge >= 0.3 is 0 Å². The fraction of sp³-hybridized carbons (Fsp3) is 0.300. The lowest BCUT2D eigenvalue weighted by molar-refractivity contribution is -0.126. The normalized spacial score (nSPS) is 12.6. The van der Waals surface area contributed by atoms with E-state index < -0.39 is 0 Å². The quantitative estimate of drug-likeness (QED) is 0.423. The van der Waals surface area contributed by atoms with Gasteiger partial charge in [-0.2, -0.15) is 0 Å². The molecule has 1 atom stereocenters. The summed E-state index contributed by atoms with van der Waals surface area (Å²) in [6.07, 6.45) is 0. The molecule has 0 aliphatic heterocycles. The van der Waals surface area contributed by atoms with Crippen LogP contribution in [-0.2, 0) is 9.63 Å². The van der Waals surface area contributed by atoms with Crippen molar-refractivity contribution in [2.75, 3.05) is 13.7 Å². The third-order valence-corrected chi connectivity index (χ3v) is 3.96. The number of halogens is 1. The van der Waals surface area contributed by atoms with Gasteiger partial charge in [-0.25, -0.2) is 4.39 Å². The zero-order chi connectivity index (χ0) is 19.8. The minimum absolute atomic E-state index is 0.118. The van der Waals surface area contributed by atoms with Gasteiger partial charge in [-0.15, -0.1) is 0 Å². The lowest BCUT2D eigenvalue weighted by atomic mass is 9.96. The first-order chi connectivity index (χ1) is 12.9. The molecule has 0 saturated heterocycles. The van der Waals surface area contributed by atoms with Gasteiger partial charge in [0.1, 0.15) is 11.6 Å². The summed E-state index contributed by atoms with van der Waals surface area (Å²) in [7, 11) is 1.57. The van der Waals surface area contributed by atoms with Crippen molar-refractivity contribution in [2.24, 2.45) is 16.8 Å². The standard InChI is InChI=1S/C20H24FN3O3/c1-13(2)19(14-4-8-16(21)9-5-14)23-18(25)12-27-24-20(22)15-6-10-17(26-3)11-7-15/h4-11,13,19H,12H2,1-3H3,(H2,22,24)(H,23,25). The van der Waals surface area contributed by atoms with Crippen LogP contribution in [0, 0.1) is 11.7 Å².